The number of nitro benzene ring substituents is 1. The van der Waals surface area contributed by atoms with E-state index in [1.165, 1.54) is 18.6 Å². The van der Waals surface area contributed by atoms with E-state index in [1.54, 1.807) is 13.0 Å². The number of hydrogen-bond acceptors (Lipinski definition) is 4. The standard InChI is InChI=1S/C15H21N3O3/c1-11-5-6-12(18(20)21)9-13(11)14(19)17-10-15(16)7-3-2-4-8-15/h5-6,9H,2-4,7-8,10,16H2,1H3,(H,17,19). The van der Waals surface area contributed by atoms with Crippen molar-refractivity contribution in [2.45, 2.75) is 44.6 Å². The molecule has 1 aromatic carbocycles. The Kier molecular flexibility index (Phi) is 4.57. The van der Waals surface area contributed by atoms with Gasteiger partial charge in [-0.1, -0.05) is 25.3 Å². The zero-order valence-corrected chi connectivity index (χ0v) is 12.2. The van der Waals surface area contributed by atoms with Crippen LogP contribution in [0.1, 0.15) is 48.0 Å². The average Bonchev–Trinajstić information content (AvgIpc) is 2.46. The number of benzene rings is 1. The molecule has 6 nitrogen and oxygen atoms in total. The van der Waals surface area contributed by atoms with Gasteiger partial charge in [-0.05, 0) is 25.3 Å². The van der Waals surface area contributed by atoms with Crippen molar-refractivity contribution in [2.24, 2.45) is 5.73 Å². The fraction of sp³-hybridized carbons (Fsp3) is 0.533. The molecule has 6 heteroatoms. The van der Waals surface area contributed by atoms with Crippen molar-refractivity contribution in [3.05, 3.63) is 39.4 Å². The Morgan fingerprint density at radius 3 is 2.67 bits per heavy atom. The number of non-ortho nitro benzene ring substituents is 1. The molecule has 0 heterocycles. The molecule has 1 aliphatic carbocycles. The number of nitrogens with one attached hydrogen (secondary N) is 1. The lowest BCUT2D eigenvalue weighted by Crippen LogP contribution is -2.51. The molecule has 1 amide bonds. The van der Waals surface area contributed by atoms with Crippen molar-refractivity contribution in [2.75, 3.05) is 6.54 Å². The molecule has 1 aliphatic rings. The highest BCUT2D eigenvalue weighted by atomic mass is 16.6. The molecule has 1 saturated carbocycles. The Morgan fingerprint density at radius 2 is 2.05 bits per heavy atom. The van der Waals surface area contributed by atoms with Crippen molar-refractivity contribution in [3.63, 3.8) is 0 Å². The Bertz CT molecular complexity index is 551. The second-order valence-corrected chi connectivity index (χ2v) is 5.86. The zero-order chi connectivity index (χ0) is 15.5. The van der Waals surface area contributed by atoms with Crippen LogP contribution in [0, 0.1) is 17.0 Å². The highest BCUT2D eigenvalue weighted by Crippen LogP contribution is 2.25. The molecule has 0 atom stereocenters. The van der Waals surface area contributed by atoms with Gasteiger partial charge in [0.2, 0.25) is 0 Å². The van der Waals surface area contributed by atoms with Gasteiger partial charge in [0.15, 0.2) is 0 Å². The third-order valence-electron chi connectivity index (χ3n) is 4.13. The molecule has 1 aromatic rings. The van der Waals surface area contributed by atoms with E-state index in [4.69, 9.17) is 5.73 Å². The van der Waals surface area contributed by atoms with Gasteiger partial charge in [0.05, 0.1) is 4.92 Å². The predicted molar refractivity (Wildman–Crippen MR) is 80.2 cm³/mol. The van der Waals surface area contributed by atoms with E-state index in [2.05, 4.69) is 5.32 Å². The van der Waals surface area contributed by atoms with E-state index >= 15 is 0 Å². The summed E-state index contributed by atoms with van der Waals surface area (Å²) >= 11 is 0. The summed E-state index contributed by atoms with van der Waals surface area (Å²) in [5.74, 6) is -0.299. The van der Waals surface area contributed by atoms with Crippen molar-refractivity contribution >= 4 is 11.6 Å². The van der Waals surface area contributed by atoms with Crippen LogP contribution >= 0.6 is 0 Å². The van der Waals surface area contributed by atoms with Gasteiger partial charge in [-0.15, -0.1) is 0 Å². The molecular formula is C15H21N3O3. The summed E-state index contributed by atoms with van der Waals surface area (Å²) in [5.41, 5.74) is 6.91. The minimum absolute atomic E-state index is 0.0779. The lowest BCUT2D eigenvalue weighted by Gasteiger charge is -2.33. The number of rotatable bonds is 4. The summed E-state index contributed by atoms with van der Waals surface area (Å²) in [5, 5.41) is 13.6. The second-order valence-electron chi connectivity index (χ2n) is 5.86. The first-order valence-electron chi connectivity index (χ1n) is 7.23. The van der Waals surface area contributed by atoms with E-state index in [1.807, 2.05) is 0 Å². The fourth-order valence-corrected chi connectivity index (χ4v) is 2.75. The molecule has 0 unspecified atom stereocenters. The van der Waals surface area contributed by atoms with Crippen molar-refractivity contribution in [3.8, 4) is 0 Å². The Labute approximate surface area is 123 Å². The molecule has 114 valence electrons. The SMILES string of the molecule is Cc1ccc([N+](=O)[O-])cc1C(=O)NCC1(N)CCCCC1. The number of hydrogen-bond donors (Lipinski definition) is 2. The summed E-state index contributed by atoms with van der Waals surface area (Å²) < 4.78 is 0. The van der Waals surface area contributed by atoms with Gasteiger partial charge < -0.3 is 11.1 Å². The van der Waals surface area contributed by atoms with E-state index in [-0.39, 0.29) is 17.1 Å². The van der Waals surface area contributed by atoms with Gasteiger partial charge in [-0.3, -0.25) is 14.9 Å². The van der Waals surface area contributed by atoms with Crippen LogP contribution in [0.5, 0.6) is 0 Å². The maximum atomic E-state index is 12.2. The molecule has 1 fully saturated rings. The predicted octanol–water partition coefficient (Wildman–Crippen LogP) is 2.29. The summed E-state index contributed by atoms with van der Waals surface area (Å²) in [6.07, 6.45) is 5.17. The van der Waals surface area contributed by atoms with Gasteiger partial charge in [0, 0.05) is 29.8 Å². The van der Waals surface area contributed by atoms with Gasteiger partial charge in [0.25, 0.3) is 11.6 Å². The summed E-state index contributed by atoms with van der Waals surface area (Å²) in [4.78, 5) is 22.5. The van der Waals surface area contributed by atoms with Gasteiger partial charge in [0.1, 0.15) is 0 Å². The number of aryl methyl sites for hydroxylation is 1. The molecule has 0 bridgehead atoms. The van der Waals surface area contributed by atoms with Gasteiger partial charge >= 0.3 is 0 Å². The highest BCUT2D eigenvalue weighted by molar-refractivity contribution is 5.96. The number of nitrogens with zero attached hydrogens (tertiary/aromatic N) is 1. The summed E-state index contributed by atoms with van der Waals surface area (Å²) in [6, 6.07) is 4.30. The largest absolute Gasteiger partial charge is 0.350 e. The van der Waals surface area contributed by atoms with Crippen molar-refractivity contribution in [1.29, 1.82) is 0 Å². The van der Waals surface area contributed by atoms with Crippen LogP contribution in [0.2, 0.25) is 0 Å². The number of amides is 1. The zero-order valence-electron chi connectivity index (χ0n) is 12.2. The summed E-state index contributed by atoms with van der Waals surface area (Å²) in [6.45, 7) is 2.17. The molecular weight excluding hydrogens is 270 g/mol. The molecule has 0 radical (unpaired) electrons. The molecule has 0 saturated heterocycles. The lowest BCUT2D eigenvalue weighted by atomic mass is 9.82. The monoisotopic (exact) mass is 291 g/mol. The minimum Gasteiger partial charge on any atom is -0.350 e. The van der Waals surface area contributed by atoms with Crippen LogP contribution in [0.25, 0.3) is 0 Å². The van der Waals surface area contributed by atoms with E-state index < -0.39 is 4.92 Å². The maximum Gasteiger partial charge on any atom is 0.270 e. The van der Waals surface area contributed by atoms with E-state index in [9.17, 15) is 14.9 Å². The normalized spacial score (nSPS) is 17.2. The van der Waals surface area contributed by atoms with E-state index in [0.717, 1.165) is 25.7 Å². The van der Waals surface area contributed by atoms with Crippen molar-refractivity contribution in [1.82, 2.24) is 5.32 Å². The average molecular weight is 291 g/mol. The topological polar surface area (TPSA) is 98.3 Å². The van der Waals surface area contributed by atoms with Crippen molar-refractivity contribution < 1.29 is 9.72 Å². The Morgan fingerprint density at radius 1 is 1.38 bits per heavy atom. The highest BCUT2D eigenvalue weighted by Gasteiger charge is 2.28. The Hall–Kier alpha value is -1.95. The van der Waals surface area contributed by atoms with Crippen LogP contribution in [0.15, 0.2) is 18.2 Å². The van der Waals surface area contributed by atoms with Crippen LogP contribution < -0.4 is 11.1 Å². The third-order valence-corrected chi connectivity index (χ3v) is 4.13. The molecule has 0 aliphatic heterocycles. The first-order valence-corrected chi connectivity index (χ1v) is 7.23. The minimum atomic E-state index is -0.498. The number of nitro groups is 1. The smallest absolute Gasteiger partial charge is 0.270 e. The molecule has 0 aromatic heterocycles. The van der Waals surface area contributed by atoms with Crippen LogP contribution in [0.4, 0.5) is 5.69 Å². The quantitative estimate of drug-likeness (QED) is 0.656. The van der Waals surface area contributed by atoms with Gasteiger partial charge in [-0.2, -0.15) is 0 Å². The van der Waals surface area contributed by atoms with Crippen LogP contribution in [0.3, 0.4) is 0 Å². The number of nitrogens with two attached hydrogens (primary N) is 1. The first-order chi connectivity index (χ1) is 9.91. The molecule has 0 spiro atoms. The first kappa shape index (κ1) is 15.4. The Balaban J connectivity index is 2.06. The fourth-order valence-electron chi connectivity index (χ4n) is 2.75. The second kappa shape index (κ2) is 6.22. The molecule has 2 rings (SSSR count). The van der Waals surface area contributed by atoms with E-state index in [0.29, 0.717) is 17.7 Å². The number of carbonyl (C=O) groups is 1. The van der Waals surface area contributed by atoms with Gasteiger partial charge in [-0.25, -0.2) is 0 Å². The van der Waals surface area contributed by atoms with Crippen LogP contribution in [-0.4, -0.2) is 22.9 Å². The maximum absolute atomic E-state index is 12.2. The molecule has 21 heavy (non-hydrogen) atoms. The third kappa shape index (κ3) is 3.78. The number of carbonyl (C=O) groups excluding carboxylic acids is 1. The molecule has 3 N–H and O–H groups in total. The summed E-state index contributed by atoms with van der Waals surface area (Å²) in [7, 11) is 0. The lowest BCUT2D eigenvalue weighted by molar-refractivity contribution is -0.384. The van der Waals surface area contributed by atoms with Crippen LogP contribution in [-0.2, 0) is 0 Å².